The van der Waals surface area contributed by atoms with Crippen molar-refractivity contribution < 1.29 is 14.6 Å². The zero-order chi connectivity index (χ0) is 16.6. The first kappa shape index (κ1) is 16.0. The Morgan fingerprint density at radius 3 is 2.48 bits per heavy atom. The van der Waals surface area contributed by atoms with Crippen molar-refractivity contribution in [1.29, 1.82) is 0 Å². The van der Waals surface area contributed by atoms with Gasteiger partial charge in [0.15, 0.2) is 0 Å². The first-order valence-corrected chi connectivity index (χ1v) is 8.37. The van der Waals surface area contributed by atoms with Gasteiger partial charge in [0, 0.05) is 31.0 Å². The van der Waals surface area contributed by atoms with Crippen LogP contribution in [0, 0.1) is 0 Å². The normalized spacial score (nSPS) is 19.7. The fourth-order valence-electron chi connectivity index (χ4n) is 3.19. The Morgan fingerprint density at radius 1 is 1.22 bits per heavy atom. The number of hydrogen-bond acceptors (Lipinski definition) is 5. The third-order valence-electron chi connectivity index (χ3n) is 4.42. The molecule has 1 N–H and O–H groups in total. The third kappa shape index (κ3) is 3.74. The van der Waals surface area contributed by atoms with Gasteiger partial charge in [-0.25, -0.2) is 9.78 Å². The molecule has 0 spiro atoms. The van der Waals surface area contributed by atoms with E-state index in [-0.39, 0.29) is 17.9 Å². The lowest BCUT2D eigenvalue weighted by Crippen LogP contribution is -2.50. The van der Waals surface area contributed by atoms with Crippen LogP contribution in [-0.4, -0.2) is 44.8 Å². The summed E-state index contributed by atoms with van der Waals surface area (Å²) in [7, 11) is 0. The average Bonchev–Trinajstić information content (AvgIpc) is 2.87. The molecule has 0 bridgehead atoms. The molecule has 1 aliphatic heterocycles. The summed E-state index contributed by atoms with van der Waals surface area (Å²) in [5.74, 6) is 1.31. The highest BCUT2D eigenvalue weighted by Crippen LogP contribution is 2.35. The lowest BCUT2D eigenvalue weighted by molar-refractivity contribution is 0.00784. The zero-order valence-electron chi connectivity index (χ0n) is 14.1. The minimum Gasteiger partial charge on any atom is -0.493 e. The molecule has 2 aliphatic rings. The molecular weight excluding hydrogens is 294 g/mol. The lowest BCUT2D eigenvalue weighted by Gasteiger charge is -2.39. The molecule has 0 atom stereocenters. The Balaban J connectivity index is 1.64. The van der Waals surface area contributed by atoms with Crippen molar-refractivity contribution >= 4 is 6.09 Å². The maximum Gasteiger partial charge on any atom is 0.410 e. The molecule has 6 heteroatoms. The molecule has 1 saturated carbocycles. The predicted octanol–water partition coefficient (Wildman–Crippen LogP) is 3.17. The van der Waals surface area contributed by atoms with E-state index in [2.05, 4.69) is 9.97 Å². The summed E-state index contributed by atoms with van der Waals surface area (Å²) in [6.45, 7) is 6.74. The van der Waals surface area contributed by atoms with E-state index in [1.165, 1.54) is 12.8 Å². The van der Waals surface area contributed by atoms with E-state index in [4.69, 9.17) is 4.74 Å². The highest BCUT2D eigenvalue weighted by molar-refractivity contribution is 5.69. The van der Waals surface area contributed by atoms with Gasteiger partial charge in [0.2, 0.25) is 5.88 Å². The van der Waals surface area contributed by atoms with Crippen molar-refractivity contribution in [1.82, 2.24) is 14.9 Å². The van der Waals surface area contributed by atoms with Crippen LogP contribution in [0.25, 0.3) is 0 Å². The van der Waals surface area contributed by atoms with Crippen molar-refractivity contribution in [3.8, 4) is 5.88 Å². The Hall–Kier alpha value is -1.85. The van der Waals surface area contributed by atoms with Crippen molar-refractivity contribution in [2.75, 3.05) is 13.1 Å². The number of carbonyl (C=O) groups is 1. The van der Waals surface area contributed by atoms with E-state index in [9.17, 15) is 9.90 Å². The van der Waals surface area contributed by atoms with Crippen molar-refractivity contribution in [2.45, 2.75) is 63.9 Å². The van der Waals surface area contributed by atoms with E-state index in [0.717, 1.165) is 24.4 Å². The number of carbonyl (C=O) groups excluding carboxylic acids is 1. The van der Waals surface area contributed by atoms with Crippen LogP contribution in [0.5, 0.6) is 5.88 Å². The summed E-state index contributed by atoms with van der Waals surface area (Å²) >= 11 is 0. The molecule has 0 radical (unpaired) electrons. The maximum atomic E-state index is 12.0. The molecule has 1 aromatic heterocycles. The topological polar surface area (TPSA) is 75.5 Å². The molecule has 1 amide bonds. The van der Waals surface area contributed by atoms with Crippen LogP contribution in [-0.2, 0) is 4.74 Å². The number of ether oxygens (including phenoxy) is 1. The van der Waals surface area contributed by atoms with E-state index in [1.807, 2.05) is 20.8 Å². The van der Waals surface area contributed by atoms with Crippen molar-refractivity contribution in [2.24, 2.45) is 0 Å². The largest absolute Gasteiger partial charge is 0.493 e. The summed E-state index contributed by atoms with van der Waals surface area (Å²) in [5, 5.41) is 9.89. The number of aromatic nitrogens is 2. The third-order valence-corrected chi connectivity index (χ3v) is 4.42. The van der Waals surface area contributed by atoms with Crippen LogP contribution >= 0.6 is 0 Å². The number of rotatable bonds is 2. The van der Waals surface area contributed by atoms with Crippen molar-refractivity contribution in [3.05, 3.63) is 17.6 Å². The molecule has 6 nitrogen and oxygen atoms in total. The highest BCUT2D eigenvalue weighted by atomic mass is 16.6. The van der Waals surface area contributed by atoms with Crippen LogP contribution < -0.4 is 0 Å². The summed E-state index contributed by atoms with van der Waals surface area (Å²) in [6.07, 6.45) is 4.31. The number of nitrogens with zero attached hydrogens (tertiary/aromatic N) is 3. The van der Waals surface area contributed by atoms with Crippen LogP contribution in [0.15, 0.2) is 6.07 Å². The van der Waals surface area contributed by atoms with Crippen LogP contribution in [0.4, 0.5) is 4.79 Å². The monoisotopic (exact) mass is 319 g/mol. The quantitative estimate of drug-likeness (QED) is 0.906. The van der Waals surface area contributed by atoms with Crippen molar-refractivity contribution in [3.63, 3.8) is 0 Å². The number of hydrogen-bond donors (Lipinski definition) is 1. The summed E-state index contributed by atoms with van der Waals surface area (Å²) in [6, 6.07) is 1.62. The SMILES string of the molecule is CC(C)(C)OC(=O)N1CC(c2cc(O)nc(C3CCCC3)n2)C1. The van der Waals surface area contributed by atoms with E-state index in [0.29, 0.717) is 19.0 Å². The first-order chi connectivity index (χ1) is 10.8. The van der Waals surface area contributed by atoms with Gasteiger partial charge in [0.05, 0.1) is 5.69 Å². The van der Waals surface area contributed by atoms with Gasteiger partial charge in [-0.05, 0) is 33.6 Å². The van der Waals surface area contributed by atoms with Gasteiger partial charge < -0.3 is 14.7 Å². The lowest BCUT2D eigenvalue weighted by atomic mass is 9.96. The second-order valence-electron chi connectivity index (χ2n) is 7.57. The van der Waals surface area contributed by atoms with Crippen LogP contribution in [0.1, 0.15) is 69.8 Å². The Morgan fingerprint density at radius 2 is 1.87 bits per heavy atom. The van der Waals surface area contributed by atoms with Gasteiger partial charge in [-0.3, -0.25) is 0 Å². The van der Waals surface area contributed by atoms with Gasteiger partial charge in [-0.1, -0.05) is 12.8 Å². The summed E-state index contributed by atoms with van der Waals surface area (Å²) < 4.78 is 5.36. The predicted molar refractivity (Wildman–Crippen MR) is 85.5 cm³/mol. The molecule has 23 heavy (non-hydrogen) atoms. The fraction of sp³-hybridized carbons (Fsp3) is 0.706. The number of aromatic hydroxyl groups is 1. The second kappa shape index (κ2) is 5.98. The van der Waals surface area contributed by atoms with E-state index in [1.54, 1.807) is 11.0 Å². The molecule has 1 saturated heterocycles. The fourth-order valence-corrected chi connectivity index (χ4v) is 3.19. The minimum absolute atomic E-state index is 0.0348. The standard InChI is InChI=1S/C17H25N3O3/c1-17(2,3)23-16(22)20-9-12(10-20)13-8-14(21)19-15(18-13)11-6-4-5-7-11/h8,11-12H,4-7,9-10H2,1-3H3,(H,18,19,21). The molecule has 126 valence electrons. The Labute approximate surface area is 136 Å². The molecule has 3 rings (SSSR count). The van der Waals surface area contributed by atoms with Gasteiger partial charge in [-0.15, -0.1) is 0 Å². The molecule has 2 fully saturated rings. The van der Waals surface area contributed by atoms with Gasteiger partial charge in [0.25, 0.3) is 0 Å². The second-order valence-corrected chi connectivity index (χ2v) is 7.57. The van der Waals surface area contributed by atoms with Crippen LogP contribution in [0.3, 0.4) is 0 Å². The molecule has 1 aromatic rings. The Kier molecular flexibility index (Phi) is 4.17. The highest BCUT2D eigenvalue weighted by Gasteiger charge is 2.36. The maximum absolute atomic E-state index is 12.0. The van der Waals surface area contributed by atoms with E-state index >= 15 is 0 Å². The van der Waals surface area contributed by atoms with Gasteiger partial charge >= 0.3 is 6.09 Å². The smallest absolute Gasteiger partial charge is 0.410 e. The first-order valence-electron chi connectivity index (χ1n) is 8.37. The van der Waals surface area contributed by atoms with Gasteiger partial charge in [0.1, 0.15) is 11.4 Å². The molecular formula is C17H25N3O3. The summed E-state index contributed by atoms with van der Waals surface area (Å²) in [4.78, 5) is 22.5. The zero-order valence-corrected chi connectivity index (χ0v) is 14.1. The molecule has 0 unspecified atom stereocenters. The van der Waals surface area contributed by atoms with Gasteiger partial charge in [-0.2, -0.15) is 4.98 Å². The Bertz CT molecular complexity index is 585. The average molecular weight is 319 g/mol. The summed E-state index contributed by atoms with van der Waals surface area (Å²) in [5.41, 5.74) is 0.351. The molecule has 0 aromatic carbocycles. The van der Waals surface area contributed by atoms with Crippen LogP contribution in [0.2, 0.25) is 0 Å². The van der Waals surface area contributed by atoms with E-state index < -0.39 is 5.60 Å². The number of likely N-dealkylation sites (tertiary alicyclic amines) is 1. The molecule has 1 aliphatic carbocycles. The number of amides is 1. The molecule has 2 heterocycles. The minimum atomic E-state index is -0.481.